The highest BCUT2D eigenvalue weighted by molar-refractivity contribution is 5.94. The Bertz CT molecular complexity index is 671. The van der Waals surface area contributed by atoms with Gasteiger partial charge in [-0.05, 0) is 35.4 Å². The summed E-state index contributed by atoms with van der Waals surface area (Å²) in [6.45, 7) is 0.593. The number of carbonyl (C=O) groups excluding carboxylic acids is 1. The van der Waals surface area contributed by atoms with Crippen LogP contribution in [0.5, 0.6) is 5.75 Å². The summed E-state index contributed by atoms with van der Waals surface area (Å²) >= 11 is 0. The molecule has 2 rings (SSSR count). The number of amides is 1. The van der Waals surface area contributed by atoms with Crippen LogP contribution in [0.4, 0.5) is 0 Å². The molecule has 4 heteroatoms. The molecule has 0 bridgehead atoms. The first kappa shape index (κ1) is 15.6. The van der Waals surface area contributed by atoms with Gasteiger partial charge in [0.25, 0.3) is 5.91 Å². The number of aliphatic hydroxyl groups excluding tert-OH is 1. The molecule has 0 aliphatic heterocycles. The maximum Gasteiger partial charge on any atom is 0.251 e. The highest BCUT2D eigenvalue weighted by Gasteiger charge is 2.05. The van der Waals surface area contributed by atoms with Crippen molar-refractivity contribution in [3.05, 3.63) is 65.2 Å². The summed E-state index contributed by atoms with van der Waals surface area (Å²) in [6.07, 6.45) is 5.12. The average molecular weight is 295 g/mol. The number of ether oxygens (including phenoxy) is 1. The lowest BCUT2D eigenvalue weighted by Crippen LogP contribution is -2.22. The fraction of sp³-hybridized carbons (Fsp3) is 0.167. The van der Waals surface area contributed by atoms with Crippen molar-refractivity contribution in [3.63, 3.8) is 0 Å². The lowest BCUT2D eigenvalue weighted by molar-refractivity contribution is 0.0951. The quantitative estimate of drug-likeness (QED) is 0.803. The zero-order valence-corrected chi connectivity index (χ0v) is 12.1. The molecule has 0 spiro atoms. The normalized spacial score (nSPS) is 9.82. The van der Waals surface area contributed by atoms with Crippen LogP contribution in [0.3, 0.4) is 0 Å². The van der Waals surface area contributed by atoms with Gasteiger partial charge >= 0.3 is 0 Å². The number of rotatable bonds is 6. The van der Waals surface area contributed by atoms with E-state index >= 15 is 0 Å². The van der Waals surface area contributed by atoms with Crippen LogP contribution in [0.2, 0.25) is 0 Å². The van der Waals surface area contributed by atoms with E-state index in [2.05, 4.69) is 11.2 Å². The van der Waals surface area contributed by atoms with Crippen LogP contribution >= 0.6 is 0 Å². The topological polar surface area (TPSA) is 58.6 Å². The summed E-state index contributed by atoms with van der Waals surface area (Å²) in [5.41, 5.74) is 2.31. The zero-order valence-electron chi connectivity index (χ0n) is 12.1. The number of nitrogens with one attached hydrogen (secondary N) is 1. The molecule has 0 atom stereocenters. The highest BCUT2D eigenvalue weighted by atomic mass is 16.5. The van der Waals surface area contributed by atoms with Crippen LogP contribution in [0.25, 0.3) is 0 Å². The number of benzene rings is 2. The van der Waals surface area contributed by atoms with E-state index in [9.17, 15) is 4.79 Å². The Kier molecular flexibility index (Phi) is 5.58. The van der Waals surface area contributed by atoms with Crippen LogP contribution in [0, 0.1) is 12.3 Å². The van der Waals surface area contributed by atoms with E-state index in [1.165, 1.54) is 0 Å². The minimum absolute atomic E-state index is 0.0130. The van der Waals surface area contributed by atoms with Crippen molar-refractivity contribution in [2.45, 2.75) is 13.2 Å². The van der Waals surface area contributed by atoms with Gasteiger partial charge in [0.2, 0.25) is 0 Å². The second kappa shape index (κ2) is 7.87. The molecule has 0 unspecified atom stereocenters. The van der Waals surface area contributed by atoms with E-state index in [1.54, 1.807) is 24.3 Å². The minimum Gasteiger partial charge on any atom is -0.481 e. The smallest absolute Gasteiger partial charge is 0.251 e. The van der Waals surface area contributed by atoms with E-state index in [0.717, 1.165) is 11.1 Å². The van der Waals surface area contributed by atoms with E-state index in [0.29, 0.717) is 17.9 Å². The van der Waals surface area contributed by atoms with Gasteiger partial charge in [-0.1, -0.05) is 30.2 Å². The maximum atomic E-state index is 12.1. The SMILES string of the molecule is C#CCOc1ccc(C(=O)NCc2cccc(CO)c2)cc1. The summed E-state index contributed by atoms with van der Waals surface area (Å²) < 4.78 is 5.25. The third-order valence-electron chi connectivity index (χ3n) is 3.07. The Hall–Kier alpha value is -2.77. The summed E-state index contributed by atoms with van der Waals surface area (Å²) in [7, 11) is 0. The molecule has 0 aliphatic carbocycles. The monoisotopic (exact) mass is 295 g/mol. The lowest BCUT2D eigenvalue weighted by atomic mass is 10.1. The van der Waals surface area contributed by atoms with Crippen molar-refractivity contribution in [2.24, 2.45) is 0 Å². The third-order valence-corrected chi connectivity index (χ3v) is 3.07. The van der Waals surface area contributed by atoms with Crippen LogP contribution in [0.15, 0.2) is 48.5 Å². The van der Waals surface area contributed by atoms with Gasteiger partial charge in [0.1, 0.15) is 12.4 Å². The first-order valence-corrected chi connectivity index (χ1v) is 6.86. The molecule has 0 saturated carbocycles. The molecule has 22 heavy (non-hydrogen) atoms. The molecule has 2 aromatic rings. The number of aliphatic hydroxyl groups is 1. The molecule has 0 aliphatic rings. The van der Waals surface area contributed by atoms with Crippen LogP contribution in [-0.2, 0) is 13.2 Å². The first-order valence-electron chi connectivity index (χ1n) is 6.86. The van der Waals surface area contributed by atoms with Crippen molar-refractivity contribution in [1.82, 2.24) is 5.32 Å². The molecule has 1 amide bonds. The predicted octanol–water partition coefficient (Wildman–Crippen LogP) is 2.12. The van der Waals surface area contributed by atoms with Crippen molar-refractivity contribution in [3.8, 4) is 18.1 Å². The molecule has 2 N–H and O–H groups in total. The maximum absolute atomic E-state index is 12.1. The molecular weight excluding hydrogens is 278 g/mol. The van der Waals surface area contributed by atoms with Gasteiger partial charge in [-0.2, -0.15) is 0 Å². The number of carbonyl (C=O) groups is 1. The first-order chi connectivity index (χ1) is 10.7. The largest absolute Gasteiger partial charge is 0.481 e. The van der Waals surface area contributed by atoms with Gasteiger partial charge in [0.05, 0.1) is 6.61 Å². The van der Waals surface area contributed by atoms with Crippen LogP contribution in [0.1, 0.15) is 21.5 Å². The second-order valence-electron chi connectivity index (χ2n) is 4.68. The van der Waals surface area contributed by atoms with Crippen molar-refractivity contribution in [1.29, 1.82) is 0 Å². The Balaban J connectivity index is 1.93. The van der Waals surface area contributed by atoms with Gasteiger partial charge < -0.3 is 15.2 Å². The molecule has 0 aromatic heterocycles. The lowest BCUT2D eigenvalue weighted by Gasteiger charge is -2.07. The van der Waals surface area contributed by atoms with E-state index < -0.39 is 0 Å². The van der Waals surface area contributed by atoms with Crippen LogP contribution in [-0.4, -0.2) is 17.6 Å². The molecule has 0 radical (unpaired) electrons. The Labute approximate surface area is 129 Å². The average Bonchev–Trinajstić information content (AvgIpc) is 2.58. The zero-order chi connectivity index (χ0) is 15.8. The number of hydrogen-bond acceptors (Lipinski definition) is 3. The summed E-state index contributed by atoms with van der Waals surface area (Å²) in [5.74, 6) is 2.84. The van der Waals surface area contributed by atoms with Crippen molar-refractivity contribution in [2.75, 3.05) is 6.61 Å². The van der Waals surface area contributed by atoms with E-state index in [-0.39, 0.29) is 19.1 Å². The van der Waals surface area contributed by atoms with Gasteiger partial charge in [0.15, 0.2) is 0 Å². The molecule has 0 heterocycles. The molecule has 112 valence electrons. The molecular formula is C18H17NO3. The van der Waals surface area contributed by atoms with Gasteiger partial charge in [-0.15, -0.1) is 6.42 Å². The summed E-state index contributed by atoms with van der Waals surface area (Å²) in [6, 6.07) is 14.2. The van der Waals surface area contributed by atoms with Crippen molar-refractivity contribution >= 4 is 5.91 Å². The van der Waals surface area contributed by atoms with Gasteiger partial charge in [-0.25, -0.2) is 0 Å². The Morgan fingerprint density at radius 3 is 2.59 bits per heavy atom. The fourth-order valence-electron chi connectivity index (χ4n) is 1.95. The summed E-state index contributed by atoms with van der Waals surface area (Å²) in [5, 5.41) is 11.9. The predicted molar refractivity (Wildman–Crippen MR) is 84.3 cm³/mol. The van der Waals surface area contributed by atoms with Gasteiger partial charge in [0, 0.05) is 12.1 Å². The molecule has 2 aromatic carbocycles. The van der Waals surface area contributed by atoms with Crippen LogP contribution < -0.4 is 10.1 Å². The van der Waals surface area contributed by atoms with E-state index in [1.807, 2.05) is 24.3 Å². The molecule has 0 fully saturated rings. The Morgan fingerprint density at radius 2 is 1.91 bits per heavy atom. The number of hydrogen-bond donors (Lipinski definition) is 2. The minimum atomic E-state index is -0.169. The highest BCUT2D eigenvalue weighted by Crippen LogP contribution is 2.12. The third kappa shape index (κ3) is 4.37. The van der Waals surface area contributed by atoms with Crippen molar-refractivity contribution < 1.29 is 14.6 Å². The standard InChI is InChI=1S/C18H17NO3/c1-2-10-22-17-8-6-16(7-9-17)18(21)19-12-14-4-3-5-15(11-14)13-20/h1,3-9,11,20H,10,12-13H2,(H,19,21). The van der Waals surface area contributed by atoms with E-state index in [4.69, 9.17) is 16.3 Å². The Morgan fingerprint density at radius 1 is 1.18 bits per heavy atom. The van der Waals surface area contributed by atoms with Gasteiger partial charge in [-0.3, -0.25) is 4.79 Å². The number of terminal acetylenes is 1. The molecule has 4 nitrogen and oxygen atoms in total. The fourth-order valence-corrected chi connectivity index (χ4v) is 1.95. The second-order valence-corrected chi connectivity index (χ2v) is 4.68. The summed E-state index contributed by atoms with van der Waals surface area (Å²) in [4.78, 5) is 12.1. The molecule has 0 saturated heterocycles.